The number of benzene rings is 1. The predicted octanol–water partition coefficient (Wildman–Crippen LogP) is 3.69. The van der Waals surface area contributed by atoms with Crippen LogP contribution in [0.2, 0.25) is 0 Å². The molecule has 1 heterocycles. The molecule has 3 nitrogen and oxygen atoms in total. The highest BCUT2D eigenvalue weighted by Crippen LogP contribution is 2.26. The quantitative estimate of drug-likeness (QED) is 0.774. The Balaban J connectivity index is 1.72. The molecular weight excluding hydrogens is 260 g/mol. The lowest BCUT2D eigenvalue weighted by atomic mass is 9.86. The van der Waals surface area contributed by atoms with Crippen LogP contribution in [0.25, 0.3) is 0 Å². The average molecular weight is 286 g/mol. The highest BCUT2D eigenvalue weighted by atomic mass is 16.5. The number of likely N-dealkylation sites (tertiary alicyclic amines) is 1. The van der Waals surface area contributed by atoms with Crippen molar-refractivity contribution in [3.8, 4) is 11.8 Å². The summed E-state index contributed by atoms with van der Waals surface area (Å²) >= 11 is 0. The summed E-state index contributed by atoms with van der Waals surface area (Å²) < 4.78 is 5.75. The van der Waals surface area contributed by atoms with Crippen molar-refractivity contribution in [2.24, 2.45) is 11.8 Å². The second kappa shape index (κ2) is 7.47. The first-order valence-electron chi connectivity index (χ1n) is 7.97. The van der Waals surface area contributed by atoms with Gasteiger partial charge in [0, 0.05) is 19.1 Å². The van der Waals surface area contributed by atoms with Crippen molar-refractivity contribution in [2.45, 2.75) is 39.7 Å². The molecule has 3 heteroatoms. The van der Waals surface area contributed by atoms with Crippen LogP contribution in [0.5, 0.6) is 5.75 Å². The fourth-order valence-electron chi connectivity index (χ4n) is 3.21. The van der Waals surface area contributed by atoms with Gasteiger partial charge in [-0.1, -0.05) is 13.8 Å². The molecule has 114 valence electrons. The monoisotopic (exact) mass is 286 g/mol. The van der Waals surface area contributed by atoms with E-state index < -0.39 is 0 Å². The molecule has 1 saturated heterocycles. The van der Waals surface area contributed by atoms with Gasteiger partial charge in [-0.25, -0.2) is 0 Å². The summed E-state index contributed by atoms with van der Waals surface area (Å²) in [7, 11) is 0. The van der Waals surface area contributed by atoms with Gasteiger partial charge in [-0.05, 0) is 55.9 Å². The van der Waals surface area contributed by atoms with Crippen molar-refractivity contribution in [1.29, 1.82) is 5.26 Å². The van der Waals surface area contributed by atoms with Crippen molar-refractivity contribution in [3.63, 3.8) is 0 Å². The van der Waals surface area contributed by atoms with Gasteiger partial charge in [-0.15, -0.1) is 0 Å². The summed E-state index contributed by atoms with van der Waals surface area (Å²) in [5, 5.41) is 8.76. The van der Waals surface area contributed by atoms with Crippen LogP contribution in [0.3, 0.4) is 0 Å². The molecule has 2 rings (SSSR count). The highest BCUT2D eigenvalue weighted by molar-refractivity contribution is 5.34. The Kier molecular flexibility index (Phi) is 5.64. The van der Waals surface area contributed by atoms with Gasteiger partial charge in [-0.3, -0.25) is 0 Å². The molecule has 0 bridgehead atoms. The van der Waals surface area contributed by atoms with Crippen molar-refractivity contribution in [2.75, 3.05) is 19.7 Å². The number of piperidine rings is 1. The van der Waals surface area contributed by atoms with Crippen LogP contribution in [0, 0.1) is 23.2 Å². The zero-order valence-corrected chi connectivity index (χ0v) is 13.4. The molecule has 1 aliphatic heterocycles. The van der Waals surface area contributed by atoms with E-state index in [4.69, 9.17) is 10.00 Å². The zero-order valence-electron chi connectivity index (χ0n) is 13.4. The van der Waals surface area contributed by atoms with E-state index in [0.717, 1.165) is 37.2 Å². The minimum Gasteiger partial charge on any atom is -0.494 e. The third-order valence-electron chi connectivity index (χ3n) is 4.56. The number of ether oxygens (including phenoxy) is 1. The second-order valence-electron chi connectivity index (χ2n) is 6.39. The van der Waals surface area contributed by atoms with E-state index in [-0.39, 0.29) is 0 Å². The normalized spacial score (nSPS) is 26.3. The van der Waals surface area contributed by atoms with Gasteiger partial charge >= 0.3 is 0 Å². The van der Waals surface area contributed by atoms with Gasteiger partial charge in [0.25, 0.3) is 0 Å². The Hall–Kier alpha value is -1.53. The van der Waals surface area contributed by atoms with E-state index in [2.05, 4.69) is 31.7 Å². The van der Waals surface area contributed by atoms with Gasteiger partial charge in [0.1, 0.15) is 5.75 Å². The molecule has 1 fully saturated rings. The minimum atomic E-state index is 0.674. The van der Waals surface area contributed by atoms with Crippen LogP contribution >= 0.6 is 0 Å². The molecule has 0 saturated carbocycles. The van der Waals surface area contributed by atoms with E-state index in [1.54, 1.807) is 12.1 Å². The number of nitrogens with zero attached hydrogens (tertiary/aromatic N) is 2. The smallest absolute Gasteiger partial charge is 0.119 e. The molecule has 3 atom stereocenters. The van der Waals surface area contributed by atoms with Crippen LogP contribution in [0.4, 0.5) is 0 Å². The zero-order chi connectivity index (χ0) is 15.2. The number of hydrogen-bond acceptors (Lipinski definition) is 3. The Morgan fingerprint density at radius 2 is 1.95 bits per heavy atom. The fourth-order valence-corrected chi connectivity index (χ4v) is 3.21. The third-order valence-corrected chi connectivity index (χ3v) is 4.56. The summed E-state index contributed by atoms with van der Waals surface area (Å²) in [4.78, 5) is 2.60. The Morgan fingerprint density at radius 1 is 1.24 bits per heavy atom. The van der Waals surface area contributed by atoms with Crippen molar-refractivity contribution >= 4 is 0 Å². The maximum atomic E-state index is 8.76. The number of nitriles is 1. The molecule has 21 heavy (non-hydrogen) atoms. The maximum Gasteiger partial charge on any atom is 0.119 e. The molecule has 1 aromatic rings. The van der Waals surface area contributed by atoms with E-state index in [1.165, 1.54) is 13.0 Å². The first kappa shape index (κ1) is 15.9. The molecule has 0 radical (unpaired) electrons. The van der Waals surface area contributed by atoms with Crippen LogP contribution in [-0.2, 0) is 0 Å². The molecule has 0 aromatic heterocycles. The summed E-state index contributed by atoms with van der Waals surface area (Å²) in [5.41, 5.74) is 0.674. The Labute approximate surface area is 128 Å². The molecule has 0 spiro atoms. The largest absolute Gasteiger partial charge is 0.494 e. The van der Waals surface area contributed by atoms with E-state index in [1.807, 2.05) is 12.1 Å². The molecule has 0 aliphatic carbocycles. The van der Waals surface area contributed by atoms with Crippen LogP contribution < -0.4 is 4.74 Å². The summed E-state index contributed by atoms with van der Waals surface area (Å²) in [6, 6.07) is 10.1. The van der Waals surface area contributed by atoms with Gasteiger partial charge in [0.05, 0.1) is 18.2 Å². The van der Waals surface area contributed by atoms with Crippen molar-refractivity contribution < 1.29 is 4.74 Å². The topological polar surface area (TPSA) is 36.3 Å². The lowest BCUT2D eigenvalue weighted by Gasteiger charge is -2.41. The van der Waals surface area contributed by atoms with Gasteiger partial charge in [0.15, 0.2) is 0 Å². The van der Waals surface area contributed by atoms with Gasteiger partial charge in [-0.2, -0.15) is 5.26 Å². The highest BCUT2D eigenvalue weighted by Gasteiger charge is 2.27. The van der Waals surface area contributed by atoms with Gasteiger partial charge in [0.2, 0.25) is 0 Å². The van der Waals surface area contributed by atoms with Crippen LogP contribution in [-0.4, -0.2) is 30.6 Å². The maximum absolute atomic E-state index is 8.76. The van der Waals surface area contributed by atoms with Crippen molar-refractivity contribution in [3.05, 3.63) is 29.8 Å². The lowest BCUT2D eigenvalue weighted by molar-refractivity contribution is 0.0746. The lowest BCUT2D eigenvalue weighted by Crippen LogP contribution is -2.46. The third kappa shape index (κ3) is 4.47. The molecule has 3 unspecified atom stereocenters. The molecular formula is C18H26N2O. The summed E-state index contributed by atoms with van der Waals surface area (Å²) in [5.74, 6) is 2.44. The first-order valence-corrected chi connectivity index (χ1v) is 7.97. The van der Waals surface area contributed by atoms with Crippen LogP contribution in [0.15, 0.2) is 24.3 Å². The van der Waals surface area contributed by atoms with Gasteiger partial charge < -0.3 is 9.64 Å². The molecule has 0 amide bonds. The predicted molar refractivity (Wildman–Crippen MR) is 85.2 cm³/mol. The second-order valence-corrected chi connectivity index (χ2v) is 6.39. The number of rotatable bonds is 5. The standard InChI is InChI=1S/C18H26N2O/c1-14-11-15(2)16(3)20(13-14)9-4-10-21-18-7-5-17(12-19)6-8-18/h5-8,14-16H,4,9-11,13H2,1-3H3. The summed E-state index contributed by atoms with van der Waals surface area (Å²) in [6.45, 7) is 10.1. The molecule has 0 N–H and O–H groups in total. The average Bonchev–Trinajstić information content (AvgIpc) is 2.49. The molecule has 1 aromatic carbocycles. The van der Waals surface area contributed by atoms with E-state index in [0.29, 0.717) is 11.6 Å². The molecule has 1 aliphatic rings. The fraction of sp³-hybridized carbons (Fsp3) is 0.611. The van der Waals surface area contributed by atoms with Crippen LogP contribution in [0.1, 0.15) is 39.2 Å². The van der Waals surface area contributed by atoms with E-state index >= 15 is 0 Å². The minimum absolute atomic E-state index is 0.674. The van der Waals surface area contributed by atoms with E-state index in [9.17, 15) is 0 Å². The summed E-state index contributed by atoms with van der Waals surface area (Å²) in [6.07, 6.45) is 2.39. The first-order chi connectivity index (χ1) is 10.1. The SMILES string of the molecule is CC1CC(C)C(C)N(CCCOc2ccc(C#N)cc2)C1. The Bertz CT molecular complexity index is 477. The Morgan fingerprint density at radius 3 is 2.62 bits per heavy atom. The van der Waals surface area contributed by atoms with Crippen molar-refractivity contribution in [1.82, 2.24) is 4.90 Å². The number of hydrogen-bond donors (Lipinski definition) is 0.